The molecule has 110 valence electrons. The summed E-state index contributed by atoms with van der Waals surface area (Å²) in [6.45, 7) is 2.86. The number of rotatable bonds is 8. The number of nitrogens with zero attached hydrogens (tertiary/aromatic N) is 1. The molecule has 0 radical (unpaired) electrons. The van der Waals surface area contributed by atoms with Crippen molar-refractivity contribution in [1.29, 1.82) is 0 Å². The quantitative estimate of drug-likeness (QED) is 0.659. The number of methoxy groups -OCH3 is 1. The molecule has 2 atom stereocenters. The molecular weight excluding hydrogens is 248 g/mol. The van der Waals surface area contributed by atoms with Gasteiger partial charge in [-0.25, -0.2) is 0 Å². The number of nitrogens with one attached hydrogen (secondary N) is 1. The zero-order chi connectivity index (χ0) is 14.3. The molecular formula is C13H24N2O4. The molecule has 1 aliphatic rings. The Kier molecular flexibility index (Phi) is 6.80. The first-order valence-corrected chi connectivity index (χ1v) is 6.72. The zero-order valence-electron chi connectivity index (χ0n) is 11.7. The van der Waals surface area contributed by atoms with Gasteiger partial charge in [-0.3, -0.25) is 9.59 Å². The van der Waals surface area contributed by atoms with Gasteiger partial charge >= 0.3 is 5.97 Å². The van der Waals surface area contributed by atoms with Crippen LogP contribution < -0.4 is 5.32 Å². The molecule has 0 heterocycles. The maximum absolute atomic E-state index is 11.9. The summed E-state index contributed by atoms with van der Waals surface area (Å²) in [6, 6.07) is 0. The van der Waals surface area contributed by atoms with Crippen LogP contribution in [0, 0.1) is 11.8 Å². The summed E-state index contributed by atoms with van der Waals surface area (Å²) >= 11 is 0. The van der Waals surface area contributed by atoms with Crippen LogP contribution in [0.5, 0.6) is 0 Å². The molecule has 1 fully saturated rings. The molecule has 0 aromatic heterocycles. The number of aliphatic carboxylic acids is 1. The second kappa shape index (κ2) is 8.12. The lowest BCUT2D eigenvalue weighted by atomic mass is 10.0. The minimum absolute atomic E-state index is 0.0103. The number of carboxylic acid groups (broad SMARTS) is 1. The van der Waals surface area contributed by atoms with E-state index in [1.807, 2.05) is 7.05 Å². The van der Waals surface area contributed by atoms with Crippen LogP contribution in [-0.4, -0.2) is 62.3 Å². The normalized spacial score (nSPS) is 22.7. The topological polar surface area (TPSA) is 78.9 Å². The minimum atomic E-state index is -0.783. The average Bonchev–Trinajstić information content (AvgIpc) is 2.86. The highest BCUT2D eigenvalue weighted by molar-refractivity contribution is 5.80. The van der Waals surface area contributed by atoms with Crippen molar-refractivity contribution >= 4 is 11.9 Å². The van der Waals surface area contributed by atoms with Crippen molar-refractivity contribution in [2.24, 2.45) is 11.8 Å². The van der Waals surface area contributed by atoms with E-state index < -0.39 is 5.97 Å². The molecule has 0 unspecified atom stereocenters. The fourth-order valence-electron chi connectivity index (χ4n) is 2.32. The van der Waals surface area contributed by atoms with Gasteiger partial charge in [0.05, 0.1) is 12.5 Å². The molecule has 0 bridgehead atoms. The molecule has 6 heteroatoms. The number of carbonyl (C=O) groups is 2. The molecule has 0 aliphatic heterocycles. The average molecular weight is 272 g/mol. The fourth-order valence-corrected chi connectivity index (χ4v) is 2.32. The zero-order valence-corrected chi connectivity index (χ0v) is 11.7. The number of hydrogen-bond acceptors (Lipinski definition) is 4. The van der Waals surface area contributed by atoms with Gasteiger partial charge in [-0.05, 0) is 26.3 Å². The lowest BCUT2D eigenvalue weighted by Gasteiger charge is -2.17. The summed E-state index contributed by atoms with van der Waals surface area (Å²) in [6.07, 6.45) is 1.77. The Morgan fingerprint density at radius 1 is 1.32 bits per heavy atom. The van der Waals surface area contributed by atoms with Crippen LogP contribution >= 0.6 is 0 Å². The highest BCUT2D eigenvalue weighted by Gasteiger charge is 2.33. The molecule has 19 heavy (non-hydrogen) atoms. The fraction of sp³-hybridized carbons (Fsp3) is 0.846. The van der Waals surface area contributed by atoms with Crippen LogP contribution in [0.1, 0.15) is 19.3 Å². The smallest absolute Gasteiger partial charge is 0.306 e. The SMILES string of the molecule is COCCN(C)CCNC(=O)[C@@H]1CC[C@H](C(=O)O)C1. The van der Waals surface area contributed by atoms with E-state index in [1.165, 1.54) is 0 Å². The van der Waals surface area contributed by atoms with Crippen molar-refractivity contribution in [3.8, 4) is 0 Å². The second-order valence-electron chi connectivity index (χ2n) is 5.13. The number of carbonyl (C=O) groups excluding carboxylic acids is 1. The first-order valence-electron chi connectivity index (χ1n) is 6.72. The van der Waals surface area contributed by atoms with E-state index in [1.54, 1.807) is 7.11 Å². The summed E-state index contributed by atoms with van der Waals surface area (Å²) in [7, 11) is 3.63. The number of amides is 1. The standard InChI is InChI=1S/C13H24N2O4/c1-15(7-8-19-2)6-5-14-12(16)10-3-4-11(9-10)13(17)18/h10-11H,3-9H2,1-2H3,(H,14,16)(H,17,18)/t10-,11+/m1/s1. The van der Waals surface area contributed by atoms with E-state index in [0.717, 1.165) is 13.1 Å². The molecule has 1 saturated carbocycles. The number of likely N-dealkylation sites (N-methyl/N-ethyl adjacent to an activating group) is 1. The first-order chi connectivity index (χ1) is 9.04. The van der Waals surface area contributed by atoms with Crippen molar-refractivity contribution in [1.82, 2.24) is 10.2 Å². The van der Waals surface area contributed by atoms with Gasteiger partial charge in [0.2, 0.25) is 5.91 Å². The molecule has 6 nitrogen and oxygen atoms in total. The molecule has 2 N–H and O–H groups in total. The summed E-state index contributed by atoms with van der Waals surface area (Å²) in [5, 5.41) is 11.8. The van der Waals surface area contributed by atoms with Crippen LogP contribution in [0.4, 0.5) is 0 Å². The Morgan fingerprint density at radius 3 is 2.58 bits per heavy atom. The van der Waals surface area contributed by atoms with Crippen LogP contribution in [0.25, 0.3) is 0 Å². The van der Waals surface area contributed by atoms with Gasteiger partial charge in [0.1, 0.15) is 0 Å². The molecule has 1 rings (SSSR count). The van der Waals surface area contributed by atoms with Crippen molar-refractivity contribution in [3.05, 3.63) is 0 Å². The maximum Gasteiger partial charge on any atom is 0.306 e. The Bertz CT molecular complexity index is 309. The summed E-state index contributed by atoms with van der Waals surface area (Å²) in [5.41, 5.74) is 0. The van der Waals surface area contributed by atoms with E-state index >= 15 is 0 Å². The Morgan fingerprint density at radius 2 is 2.00 bits per heavy atom. The molecule has 0 aromatic rings. The molecule has 0 spiro atoms. The van der Waals surface area contributed by atoms with Gasteiger partial charge in [0, 0.05) is 32.7 Å². The third kappa shape index (κ3) is 5.57. The molecule has 0 aromatic carbocycles. The third-order valence-electron chi connectivity index (χ3n) is 3.62. The maximum atomic E-state index is 11.9. The van der Waals surface area contributed by atoms with Gasteiger partial charge in [0.25, 0.3) is 0 Å². The van der Waals surface area contributed by atoms with Gasteiger partial charge in [-0.2, -0.15) is 0 Å². The predicted molar refractivity (Wildman–Crippen MR) is 70.8 cm³/mol. The van der Waals surface area contributed by atoms with E-state index in [-0.39, 0.29) is 17.7 Å². The Balaban J connectivity index is 2.16. The van der Waals surface area contributed by atoms with Crippen molar-refractivity contribution in [3.63, 3.8) is 0 Å². The molecule has 0 saturated heterocycles. The van der Waals surface area contributed by atoms with Gasteiger partial charge < -0.3 is 20.1 Å². The van der Waals surface area contributed by atoms with E-state index in [9.17, 15) is 9.59 Å². The third-order valence-corrected chi connectivity index (χ3v) is 3.62. The minimum Gasteiger partial charge on any atom is -0.481 e. The Hall–Kier alpha value is -1.14. The second-order valence-corrected chi connectivity index (χ2v) is 5.13. The molecule has 1 amide bonds. The summed E-state index contributed by atoms with van der Waals surface area (Å²) in [4.78, 5) is 24.8. The van der Waals surface area contributed by atoms with Crippen LogP contribution in [0.2, 0.25) is 0 Å². The highest BCUT2D eigenvalue weighted by atomic mass is 16.5. The van der Waals surface area contributed by atoms with Crippen molar-refractivity contribution < 1.29 is 19.4 Å². The van der Waals surface area contributed by atoms with Crippen molar-refractivity contribution in [2.75, 3.05) is 40.4 Å². The van der Waals surface area contributed by atoms with Gasteiger partial charge in [-0.1, -0.05) is 0 Å². The highest BCUT2D eigenvalue weighted by Crippen LogP contribution is 2.30. The summed E-state index contributed by atoms with van der Waals surface area (Å²) in [5.74, 6) is -1.27. The first kappa shape index (κ1) is 15.9. The molecule has 1 aliphatic carbocycles. The lowest BCUT2D eigenvalue weighted by Crippen LogP contribution is -2.37. The monoisotopic (exact) mass is 272 g/mol. The van der Waals surface area contributed by atoms with E-state index in [2.05, 4.69) is 10.2 Å². The van der Waals surface area contributed by atoms with Gasteiger partial charge in [0.15, 0.2) is 0 Å². The van der Waals surface area contributed by atoms with E-state index in [0.29, 0.717) is 32.4 Å². The Labute approximate surface area is 114 Å². The lowest BCUT2D eigenvalue weighted by molar-refractivity contribution is -0.141. The number of ether oxygens (including phenoxy) is 1. The van der Waals surface area contributed by atoms with Crippen LogP contribution in [0.15, 0.2) is 0 Å². The number of carboxylic acids is 1. The predicted octanol–water partition coefficient (Wildman–Crippen LogP) is 0.182. The van der Waals surface area contributed by atoms with Gasteiger partial charge in [-0.15, -0.1) is 0 Å². The van der Waals surface area contributed by atoms with Crippen LogP contribution in [0.3, 0.4) is 0 Å². The largest absolute Gasteiger partial charge is 0.481 e. The van der Waals surface area contributed by atoms with Crippen molar-refractivity contribution in [2.45, 2.75) is 19.3 Å². The van der Waals surface area contributed by atoms with E-state index in [4.69, 9.17) is 9.84 Å². The summed E-state index contributed by atoms with van der Waals surface area (Å²) < 4.78 is 4.97. The number of hydrogen-bond donors (Lipinski definition) is 2. The van der Waals surface area contributed by atoms with Crippen LogP contribution in [-0.2, 0) is 14.3 Å².